The molecule has 0 aliphatic heterocycles. The molecule has 0 heterocycles. The second-order valence-electron chi connectivity index (χ2n) is 2.67. The predicted molar refractivity (Wildman–Crippen MR) is 52.2 cm³/mol. The maximum atomic E-state index is 11.0. The minimum Gasteiger partial charge on any atom is -0.466 e. The highest BCUT2D eigenvalue weighted by atomic mass is 16.5. The van der Waals surface area contributed by atoms with Crippen molar-refractivity contribution in [1.82, 2.24) is 5.32 Å². The molecule has 0 saturated carbocycles. The fraction of sp³-hybridized carbons (Fsp3) is 0.778. The first kappa shape index (κ1) is 13.9. The Balaban J connectivity index is 3.37. The SMILES string of the molecule is CCOC(=O)CC(=O)NCCOCCO. The minimum absolute atomic E-state index is 0.0449. The average Bonchev–Trinajstić information content (AvgIpc) is 2.17. The van der Waals surface area contributed by atoms with Crippen LogP contribution in [0.5, 0.6) is 0 Å². The van der Waals surface area contributed by atoms with E-state index in [2.05, 4.69) is 10.1 Å². The third kappa shape index (κ3) is 9.17. The van der Waals surface area contributed by atoms with Crippen LogP contribution in [0.25, 0.3) is 0 Å². The summed E-state index contributed by atoms with van der Waals surface area (Å²) in [5.41, 5.74) is 0. The Morgan fingerprint density at radius 1 is 1.33 bits per heavy atom. The van der Waals surface area contributed by atoms with E-state index in [0.29, 0.717) is 13.2 Å². The predicted octanol–water partition coefficient (Wildman–Crippen LogP) is -0.935. The zero-order chi connectivity index (χ0) is 11.5. The van der Waals surface area contributed by atoms with E-state index in [1.54, 1.807) is 6.92 Å². The van der Waals surface area contributed by atoms with Gasteiger partial charge in [0.2, 0.25) is 5.91 Å². The van der Waals surface area contributed by atoms with Gasteiger partial charge in [0.1, 0.15) is 6.42 Å². The standard InChI is InChI=1S/C9H17NO5/c1-2-15-9(13)7-8(12)10-3-5-14-6-4-11/h11H,2-7H2,1H3,(H,10,12). The van der Waals surface area contributed by atoms with Crippen molar-refractivity contribution in [3.63, 3.8) is 0 Å². The summed E-state index contributed by atoms with van der Waals surface area (Å²) in [6.07, 6.45) is -0.270. The number of aliphatic hydroxyl groups is 1. The molecule has 0 aromatic heterocycles. The lowest BCUT2D eigenvalue weighted by molar-refractivity contribution is -0.146. The molecule has 0 aliphatic rings. The number of aliphatic hydroxyl groups excluding tert-OH is 1. The zero-order valence-electron chi connectivity index (χ0n) is 8.82. The van der Waals surface area contributed by atoms with Gasteiger partial charge in [0.05, 0.1) is 26.4 Å². The van der Waals surface area contributed by atoms with Gasteiger partial charge in [-0.25, -0.2) is 0 Å². The highest BCUT2D eigenvalue weighted by Crippen LogP contribution is 1.86. The van der Waals surface area contributed by atoms with E-state index in [9.17, 15) is 9.59 Å². The largest absolute Gasteiger partial charge is 0.466 e. The minimum atomic E-state index is -0.536. The number of esters is 1. The van der Waals surface area contributed by atoms with Crippen LogP contribution in [0, 0.1) is 0 Å². The van der Waals surface area contributed by atoms with Crippen LogP contribution in [0.15, 0.2) is 0 Å². The van der Waals surface area contributed by atoms with Gasteiger partial charge in [-0.3, -0.25) is 9.59 Å². The number of carbonyl (C=O) groups excluding carboxylic acids is 2. The van der Waals surface area contributed by atoms with Crippen LogP contribution in [0.4, 0.5) is 0 Å². The second-order valence-corrected chi connectivity index (χ2v) is 2.67. The topological polar surface area (TPSA) is 84.9 Å². The van der Waals surface area contributed by atoms with Crippen molar-refractivity contribution >= 4 is 11.9 Å². The van der Waals surface area contributed by atoms with E-state index in [4.69, 9.17) is 9.84 Å². The van der Waals surface area contributed by atoms with E-state index in [1.807, 2.05) is 0 Å². The first-order valence-corrected chi connectivity index (χ1v) is 4.81. The van der Waals surface area contributed by atoms with Crippen molar-refractivity contribution in [3.8, 4) is 0 Å². The Labute approximate surface area is 88.6 Å². The Kier molecular flexibility index (Phi) is 8.70. The van der Waals surface area contributed by atoms with Gasteiger partial charge in [0.25, 0.3) is 0 Å². The zero-order valence-corrected chi connectivity index (χ0v) is 8.82. The van der Waals surface area contributed by atoms with Crippen molar-refractivity contribution in [2.75, 3.05) is 33.0 Å². The van der Waals surface area contributed by atoms with Gasteiger partial charge in [0, 0.05) is 6.54 Å². The molecule has 0 aromatic rings. The monoisotopic (exact) mass is 219 g/mol. The number of nitrogens with one attached hydrogen (secondary N) is 1. The Morgan fingerprint density at radius 2 is 2.07 bits per heavy atom. The maximum absolute atomic E-state index is 11.0. The third-order valence-corrected chi connectivity index (χ3v) is 1.41. The molecule has 0 rings (SSSR count). The summed E-state index contributed by atoms with van der Waals surface area (Å²) >= 11 is 0. The molecule has 0 atom stereocenters. The molecule has 6 nitrogen and oxygen atoms in total. The maximum Gasteiger partial charge on any atom is 0.315 e. The molecule has 0 radical (unpaired) electrons. The van der Waals surface area contributed by atoms with Crippen molar-refractivity contribution in [3.05, 3.63) is 0 Å². The molecule has 0 spiro atoms. The Hall–Kier alpha value is -1.14. The first-order chi connectivity index (χ1) is 7.20. The summed E-state index contributed by atoms with van der Waals surface area (Å²) in [5, 5.41) is 10.9. The van der Waals surface area contributed by atoms with Gasteiger partial charge >= 0.3 is 5.97 Å². The molecule has 0 unspecified atom stereocenters. The van der Waals surface area contributed by atoms with E-state index >= 15 is 0 Å². The third-order valence-electron chi connectivity index (χ3n) is 1.41. The van der Waals surface area contributed by atoms with Gasteiger partial charge in [0.15, 0.2) is 0 Å². The molecule has 0 bridgehead atoms. The van der Waals surface area contributed by atoms with Crippen LogP contribution in [-0.2, 0) is 19.1 Å². The molecule has 1 amide bonds. The lowest BCUT2D eigenvalue weighted by Gasteiger charge is -2.05. The number of amides is 1. The second kappa shape index (κ2) is 9.42. The molecular weight excluding hydrogens is 202 g/mol. The molecular formula is C9H17NO5. The van der Waals surface area contributed by atoms with Crippen molar-refractivity contribution < 1.29 is 24.2 Å². The van der Waals surface area contributed by atoms with Crippen LogP contribution in [0.1, 0.15) is 13.3 Å². The summed E-state index contributed by atoms with van der Waals surface area (Å²) in [6, 6.07) is 0. The summed E-state index contributed by atoms with van der Waals surface area (Å²) in [6.45, 7) is 2.78. The molecule has 15 heavy (non-hydrogen) atoms. The molecule has 0 fully saturated rings. The van der Waals surface area contributed by atoms with E-state index in [-0.39, 0.29) is 32.1 Å². The van der Waals surface area contributed by atoms with Crippen LogP contribution in [0.3, 0.4) is 0 Å². The Morgan fingerprint density at radius 3 is 2.67 bits per heavy atom. The molecule has 0 aromatic carbocycles. The highest BCUT2D eigenvalue weighted by Gasteiger charge is 2.08. The lowest BCUT2D eigenvalue weighted by Crippen LogP contribution is -2.29. The quantitative estimate of drug-likeness (QED) is 0.313. The van der Waals surface area contributed by atoms with Crippen LogP contribution in [-0.4, -0.2) is 50.0 Å². The summed E-state index contributed by atoms with van der Waals surface area (Å²) in [5.74, 6) is -0.924. The fourth-order valence-electron chi connectivity index (χ4n) is 0.835. The van der Waals surface area contributed by atoms with E-state index in [0.717, 1.165) is 0 Å². The number of ether oxygens (including phenoxy) is 2. The molecule has 0 saturated heterocycles. The number of carbonyl (C=O) groups is 2. The smallest absolute Gasteiger partial charge is 0.315 e. The molecule has 2 N–H and O–H groups in total. The van der Waals surface area contributed by atoms with Crippen LogP contribution < -0.4 is 5.32 Å². The summed E-state index contributed by atoms with van der Waals surface area (Å²) < 4.78 is 9.50. The average molecular weight is 219 g/mol. The summed E-state index contributed by atoms with van der Waals surface area (Å²) in [4.78, 5) is 21.9. The lowest BCUT2D eigenvalue weighted by atomic mass is 10.4. The van der Waals surface area contributed by atoms with Gasteiger partial charge in [-0.1, -0.05) is 0 Å². The van der Waals surface area contributed by atoms with Crippen molar-refractivity contribution in [2.24, 2.45) is 0 Å². The van der Waals surface area contributed by atoms with Crippen LogP contribution in [0.2, 0.25) is 0 Å². The first-order valence-electron chi connectivity index (χ1n) is 4.81. The number of rotatable bonds is 8. The van der Waals surface area contributed by atoms with Gasteiger partial charge in [-0.2, -0.15) is 0 Å². The van der Waals surface area contributed by atoms with Crippen molar-refractivity contribution in [1.29, 1.82) is 0 Å². The number of hydrogen-bond acceptors (Lipinski definition) is 5. The van der Waals surface area contributed by atoms with Gasteiger partial charge < -0.3 is 19.9 Å². The van der Waals surface area contributed by atoms with E-state index < -0.39 is 5.97 Å². The number of hydrogen-bond donors (Lipinski definition) is 2. The normalized spacial score (nSPS) is 9.73. The van der Waals surface area contributed by atoms with Crippen molar-refractivity contribution in [2.45, 2.75) is 13.3 Å². The fourth-order valence-corrected chi connectivity index (χ4v) is 0.835. The van der Waals surface area contributed by atoms with Gasteiger partial charge in [-0.05, 0) is 6.92 Å². The Bertz CT molecular complexity index is 195. The van der Waals surface area contributed by atoms with Crippen LogP contribution >= 0.6 is 0 Å². The highest BCUT2D eigenvalue weighted by molar-refractivity contribution is 5.94. The summed E-state index contributed by atoms with van der Waals surface area (Å²) in [7, 11) is 0. The molecule has 88 valence electrons. The molecule has 6 heteroatoms. The molecule has 0 aliphatic carbocycles. The van der Waals surface area contributed by atoms with Gasteiger partial charge in [-0.15, -0.1) is 0 Å². The van der Waals surface area contributed by atoms with E-state index in [1.165, 1.54) is 0 Å².